The summed E-state index contributed by atoms with van der Waals surface area (Å²) in [6.45, 7) is 7.09. The Kier molecular flexibility index (Phi) is 3.65. The number of fused-ring (bicyclic) bond motifs is 1. The predicted octanol–water partition coefficient (Wildman–Crippen LogP) is 3.55. The van der Waals surface area contributed by atoms with Crippen LogP contribution in [0.5, 0.6) is 0 Å². The lowest BCUT2D eigenvalue weighted by atomic mass is 9.97. The fourth-order valence-electron chi connectivity index (χ4n) is 3.54. The summed E-state index contributed by atoms with van der Waals surface area (Å²) in [6, 6.07) is 8.25. The Balaban J connectivity index is 1.52. The number of piperidine rings is 1. The van der Waals surface area contributed by atoms with E-state index in [1.165, 1.54) is 18.4 Å². The molecule has 4 rings (SSSR count). The molecule has 1 unspecified atom stereocenters. The van der Waals surface area contributed by atoms with Crippen LogP contribution in [0.15, 0.2) is 28.8 Å². The largest absolute Gasteiger partial charge is 0.361 e. The number of likely N-dealkylation sites (tertiary alicyclic amines) is 1. The van der Waals surface area contributed by atoms with Crippen LogP contribution >= 0.6 is 0 Å². The number of para-hydroxylation sites is 2. The highest BCUT2D eigenvalue weighted by Gasteiger charge is 2.25. The minimum atomic E-state index is 0.469. The highest BCUT2D eigenvalue weighted by Crippen LogP contribution is 2.28. The van der Waals surface area contributed by atoms with Gasteiger partial charge < -0.3 is 9.51 Å². The molecule has 23 heavy (non-hydrogen) atoms. The van der Waals surface area contributed by atoms with Crippen molar-refractivity contribution >= 4 is 11.0 Å². The molecule has 3 heterocycles. The lowest BCUT2D eigenvalue weighted by Gasteiger charge is -2.31. The molecule has 1 aromatic carbocycles. The molecule has 1 N–H and O–H groups in total. The summed E-state index contributed by atoms with van der Waals surface area (Å²) in [6.07, 6.45) is 2.39. The molecule has 5 nitrogen and oxygen atoms in total. The third-order valence-electron chi connectivity index (χ3n) is 4.86. The number of hydrogen-bond donors (Lipinski definition) is 1. The van der Waals surface area contributed by atoms with E-state index < -0.39 is 0 Å². The van der Waals surface area contributed by atoms with E-state index in [1.807, 2.05) is 19.9 Å². The fourth-order valence-corrected chi connectivity index (χ4v) is 3.54. The van der Waals surface area contributed by atoms with E-state index >= 15 is 0 Å². The van der Waals surface area contributed by atoms with Crippen molar-refractivity contribution in [2.45, 2.75) is 39.2 Å². The molecule has 1 fully saturated rings. The number of H-pyrrole nitrogens is 1. The number of nitrogens with one attached hydrogen (secondary N) is 1. The molecule has 2 aromatic heterocycles. The van der Waals surface area contributed by atoms with Gasteiger partial charge in [-0.15, -0.1) is 0 Å². The number of aromatic nitrogens is 3. The van der Waals surface area contributed by atoms with Gasteiger partial charge in [0.1, 0.15) is 11.6 Å². The van der Waals surface area contributed by atoms with E-state index in [0.29, 0.717) is 5.92 Å². The maximum Gasteiger partial charge on any atom is 0.138 e. The average molecular weight is 310 g/mol. The van der Waals surface area contributed by atoms with Crippen LogP contribution in [0, 0.1) is 13.8 Å². The van der Waals surface area contributed by atoms with E-state index in [2.05, 4.69) is 33.2 Å². The SMILES string of the molecule is Cc1noc(C)c1CN1CCCC(c2nc3ccccc3[nH]2)C1. The maximum absolute atomic E-state index is 5.29. The molecule has 1 saturated heterocycles. The third kappa shape index (κ3) is 2.77. The van der Waals surface area contributed by atoms with Crippen LogP contribution in [-0.4, -0.2) is 33.1 Å². The van der Waals surface area contributed by atoms with E-state index in [1.54, 1.807) is 0 Å². The number of benzene rings is 1. The normalized spacial score (nSPS) is 19.5. The number of rotatable bonds is 3. The lowest BCUT2D eigenvalue weighted by molar-refractivity contribution is 0.196. The van der Waals surface area contributed by atoms with Crippen molar-refractivity contribution in [1.82, 2.24) is 20.0 Å². The highest BCUT2D eigenvalue weighted by molar-refractivity contribution is 5.74. The Bertz CT molecular complexity index is 767. The molecule has 0 saturated carbocycles. The summed E-state index contributed by atoms with van der Waals surface area (Å²) in [5, 5.41) is 4.07. The van der Waals surface area contributed by atoms with Crippen molar-refractivity contribution in [3.63, 3.8) is 0 Å². The summed E-state index contributed by atoms with van der Waals surface area (Å²) in [4.78, 5) is 10.8. The van der Waals surface area contributed by atoms with Crippen molar-refractivity contribution in [1.29, 1.82) is 0 Å². The number of imidazole rings is 1. The van der Waals surface area contributed by atoms with Crippen molar-refractivity contribution in [2.75, 3.05) is 13.1 Å². The van der Waals surface area contributed by atoms with Gasteiger partial charge >= 0.3 is 0 Å². The Hall–Kier alpha value is -2.14. The topological polar surface area (TPSA) is 58.0 Å². The van der Waals surface area contributed by atoms with Crippen LogP contribution in [0.2, 0.25) is 0 Å². The second-order valence-corrected chi connectivity index (χ2v) is 6.52. The molecular formula is C18H22N4O. The molecule has 1 atom stereocenters. The van der Waals surface area contributed by atoms with Crippen LogP contribution in [0.4, 0.5) is 0 Å². The van der Waals surface area contributed by atoms with Gasteiger partial charge in [0.25, 0.3) is 0 Å². The molecule has 5 heteroatoms. The summed E-state index contributed by atoms with van der Waals surface area (Å²) in [5.74, 6) is 2.53. The van der Waals surface area contributed by atoms with Gasteiger partial charge in [0.2, 0.25) is 0 Å². The third-order valence-corrected chi connectivity index (χ3v) is 4.86. The van der Waals surface area contributed by atoms with Crippen LogP contribution in [0.3, 0.4) is 0 Å². The van der Waals surface area contributed by atoms with Crippen molar-refractivity contribution < 1.29 is 4.52 Å². The number of aryl methyl sites for hydroxylation is 2. The average Bonchev–Trinajstić information content (AvgIpc) is 3.14. The zero-order valence-corrected chi connectivity index (χ0v) is 13.7. The first-order chi connectivity index (χ1) is 11.2. The van der Waals surface area contributed by atoms with Gasteiger partial charge in [-0.3, -0.25) is 4.90 Å². The van der Waals surface area contributed by atoms with Crippen LogP contribution in [-0.2, 0) is 6.54 Å². The zero-order valence-electron chi connectivity index (χ0n) is 13.7. The van der Waals surface area contributed by atoms with E-state index in [9.17, 15) is 0 Å². The first kappa shape index (κ1) is 14.5. The van der Waals surface area contributed by atoms with Gasteiger partial charge in [0.05, 0.1) is 16.7 Å². The molecular weight excluding hydrogens is 288 g/mol. The van der Waals surface area contributed by atoms with Gasteiger partial charge in [-0.1, -0.05) is 17.3 Å². The molecule has 0 radical (unpaired) electrons. The lowest BCUT2D eigenvalue weighted by Crippen LogP contribution is -2.34. The van der Waals surface area contributed by atoms with Gasteiger partial charge in [-0.2, -0.15) is 0 Å². The molecule has 0 spiro atoms. The zero-order chi connectivity index (χ0) is 15.8. The second-order valence-electron chi connectivity index (χ2n) is 6.52. The Morgan fingerprint density at radius 3 is 2.96 bits per heavy atom. The van der Waals surface area contributed by atoms with Crippen LogP contribution in [0.1, 0.15) is 41.6 Å². The van der Waals surface area contributed by atoms with Crippen molar-refractivity contribution in [3.8, 4) is 0 Å². The Morgan fingerprint density at radius 2 is 2.17 bits per heavy atom. The van der Waals surface area contributed by atoms with E-state index in [0.717, 1.165) is 47.9 Å². The molecule has 0 aliphatic carbocycles. The first-order valence-corrected chi connectivity index (χ1v) is 8.29. The predicted molar refractivity (Wildman–Crippen MR) is 89.3 cm³/mol. The maximum atomic E-state index is 5.29. The Morgan fingerprint density at radius 1 is 1.30 bits per heavy atom. The summed E-state index contributed by atoms with van der Waals surface area (Å²) >= 11 is 0. The second kappa shape index (κ2) is 5.81. The van der Waals surface area contributed by atoms with Gasteiger partial charge in [0, 0.05) is 24.6 Å². The Labute approximate surface area is 135 Å². The van der Waals surface area contributed by atoms with Crippen LogP contribution in [0.25, 0.3) is 11.0 Å². The standard InChI is InChI=1S/C18H22N4O/c1-12-15(13(2)23-21-12)11-22-9-5-6-14(10-22)18-19-16-7-3-4-8-17(16)20-18/h3-4,7-8,14H,5-6,9-11H2,1-2H3,(H,19,20). The molecule has 1 aliphatic rings. The molecule has 0 amide bonds. The minimum absolute atomic E-state index is 0.469. The molecule has 3 aromatic rings. The summed E-state index contributed by atoms with van der Waals surface area (Å²) in [7, 11) is 0. The fraction of sp³-hybridized carbons (Fsp3) is 0.444. The van der Waals surface area contributed by atoms with Crippen molar-refractivity contribution in [3.05, 3.63) is 47.1 Å². The van der Waals surface area contributed by atoms with Gasteiger partial charge in [-0.25, -0.2) is 4.98 Å². The smallest absolute Gasteiger partial charge is 0.138 e. The molecule has 120 valence electrons. The number of aromatic amines is 1. The van der Waals surface area contributed by atoms with E-state index in [4.69, 9.17) is 9.51 Å². The quantitative estimate of drug-likeness (QED) is 0.804. The van der Waals surface area contributed by atoms with Crippen molar-refractivity contribution in [2.24, 2.45) is 0 Å². The molecule has 1 aliphatic heterocycles. The number of nitrogens with zero attached hydrogens (tertiary/aromatic N) is 3. The molecule has 0 bridgehead atoms. The van der Waals surface area contributed by atoms with E-state index in [-0.39, 0.29) is 0 Å². The van der Waals surface area contributed by atoms with Gasteiger partial charge in [0.15, 0.2) is 0 Å². The van der Waals surface area contributed by atoms with Crippen LogP contribution < -0.4 is 0 Å². The van der Waals surface area contributed by atoms with Gasteiger partial charge in [-0.05, 0) is 45.4 Å². The monoisotopic (exact) mass is 310 g/mol. The highest BCUT2D eigenvalue weighted by atomic mass is 16.5. The first-order valence-electron chi connectivity index (χ1n) is 8.29. The minimum Gasteiger partial charge on any atom is -0.361 e. The summed E-state index contributed by atoms with van der Waals surface area (Å²) < 4.78 is 5.29. The number of hydrogen-bond acceptors (Lipinski definition) is 4. The summed E-state index contributed by atoms with van der Waals surface area (Å²) in [5.41, 5.74) is 4.43.